The number of anilines is 1. The molecule has 0 fully saturated rings. The first kappa shape index (κ1) is 16.5. The Bertz CT molecular complexity index is 432. The highest BCUT2D eigenvalue weighted by Crippen LogP contribution is 2.16. The zero-order valence-electron chi connectivity index (χ0n) is 12.8. The lowest BCUT2D eigenvalue weighted by Gasteiger charge is -2.22. The molecule has 0 aromatic heterocycles. The molecule has 0 saturated heterocycles. The monoisotopic (exact) mass is 278 g/mol. The second-order valence-corrected chi connectivity index (χ2v) is 5.17. The lowest BCUT2D eigenvalue weighted by molar-refractivity contribution is 0.187. The van der Waals surface area contributed by atoms with Gasteiger partial charge < -0.3 is 15.3 Å². The molecule has 0 spiro atoms. The lowest BCUT2D eigenvalue weighted by Crippen LogP contribution is -2.37. The van der Waals surface area contributed by atoms with Crippen molar-refractivity contribution in [2.75, 3.05) is 25.0 Å². The second kappa shape index (κ2) is 8.59. The molecule has 0 aliphatic heterocycles. The molecule has 0 atom stereocenters. The van der Waals surface area contributed by atoms with Gasteiger partial charge in [0.1, 0.15) is 0 Å². The van der Waals surface area contributed by atoms with E-state index in [1.54, 1.807) is 4.90 Å². The van der Waals surface area contributed by atoms with Gasteiger partial charge in [0, 0.05) is 18.8 Å². The van der Waals surface area contributed by atoms with Gasteiger partial charge in [-0.15, -0.1) is 0 Å². The summed E-state index contributed by atoms with van der Waals surface area (Å²) in [4.78, 5) is 13.9. The van der Waals surface area contributed by atoms with E-state index in [4.69, 9.17) is 5.11 Å². The first-order valence-electron chi connectivity index (χ1n) is 7.32. The molecule has 20 heavy (non-hydrogen) atoms. The molecule has 1 aromatic rings. The Kier molecular flexibility index (Phi) is 7.09. The first-order valence-corrected chi connectivity index (χ1v) is 7.32. The Labute approximate surface area is 121 Å². The average molecular weight is 278 g/mol. The third-order valence-corrected chi connectivity index (χ3v) is 3.31. The molecule has 0 unspecified atom stereocenters. The highest BCUT2D eigenvalue weighted by atomic mass is 16.3. The van der Waals surface area contributed by atoms with Crippen LogP contribution in [-0.4, -0.2) is 35.7 Å². The fourth-order valence-electron chi connectivity index (χ4n) is 2.14. The van der Waals surface area contributed by atoms with Crippen LogP contribution >= 0.6 is 0 Å². The molecular weight excluding hydrogens is 252 g/mol. The number of amides is 2. The number of aryl methyl sites for hydroxylation is 2. The molecule has 0 saturated carbocycles. The van der Waals surface area contributed by atoms with Gasteiger partial charge in [-0.1, -0.05) is 37.5 Å². The molecule has 1 aromatic carbocycles. The molecule has 1 rings (SSSR count). The molecular formula is C16H26N2O2. The minimum atomic E-state index is -0.137. The fraction of sp³-hybridized carbons (Fsp3) is 0.562. The van der Waals surface area contributed by atoms with Crippen molar-refractivity contribution in [3.63, 3.8) is 0 Å². The SMILES string of the molecule is CCCCCN(CCO)C(=O)Nc1ccc(C)cc1C. The number of carbonyl (C=O) groups is 1. The van der Waals surface area contributed by atoms with Crippen LogP contribution in [0.4, 0.5) is 10.5 Å². The third kappa shape index (κ3) is 5.21. The molecule has 2 amide bonds. The van der Waals surface area contributed by atoms with Crippen LogP contribution in [0.5, 0.6) is 0 Å². The summed E-state index contributed by atoms with van der Waals surface area (Å²) >= 11 is 0. The minimum Gasteiger partial charge on any atom is -0.395 e. The Morgan fingerprint density at radius 3 is 2.60 bits per heavy atom. The normalized spacial score (nSPS) is 10.4. The molecule has 2 N–H and O–H groups in total. The number of carbonyl (C=O) groups excluding carboxylic acids is 1. The van der Waals surface area contributed by atoms with Gasteiger partial charge in [0.05, 0.1) is 6.61 Å². The molecule has 0 aliphatic rings. The molecule has 0 heterocycles. The summed E-state index contributed by atoms with van der Waals surface area (Å²) in [5, 5.41) is 12.0. The van der Waals surface area contributed by atoms with Gasteiger partial charge in [-0.25, -0.2) is 4.79 Å². The molecule has 4 heteroatoms. The van der Waals surface area contributed by atoms with Crippen molar-refractivity contribution < 1.29 is 9.90 Å². The van der Waals surface area contributed by atoms with Crippen molar-refractivity contribution in [1.29, 1.82) is 0 Å². The molecule has 0 radical (unpaired) electrons. The van der Waals surface area contributed by atoms with Crippen molar-refractivity contribution in [2.45, 2.75) is 40.0 Å². The fourth-order valence-corrected chi connectivity index (χ4v) is 2.14. The lowest BCUT2D eigenvalue weighted by atomic mass is 10.1. The number of hydrogen-bond donors (Lipinski definition) is 2. The number of benzene rings is 1. The number of aliphatic hydroxyl groups excluding tert-OH is 1. The van der Waals surface area contributed by atoms with E-state index in [-0.39, 0.29) is 12.6 Å². The van der Waals surface area contributed by atoms with E-state index >= 15 is 0 Å². The van der Waals surface area contributed by atoms with Crippen molar-refractivity contribution in [2.24, 2.45) is 0 Å². The van der Waals surface area contributed by atoms with Gasteiger partial charge in [-0.3, -0.25) is 0 Å². The van der Waals surface area contributed by atoms with Crippen LogP contribution in [-0.2, 0) is 0 Å². The number of rotatable bonds is 7. The van der Waals surface area contributed by atoms with Gasteiger partial charge >= 0.3 is 6.03 Å². The van der Waals surface area contributed by atoms with E-state index < -0.39 is 0 Å². The van der Waals surface area contributed by atoms with E-state index in [9.17, 15) is 4.79 Å². The zero-order valence-corrected chi connectivity index (χ0v) is 12.8. The van der Waals surface area contributed by atoms with Gasteiger partial charge in [-0.2, -0.15) is 0 Å². The van der Waals surface area contributed by atoms with Crippen molar-refractivity contribution in [1.82, 2.24) is 4.90 Å². The highest BCUT2D eigenvalue weighted by Gasteiger charge is 2.13. The molecule has 4 nitrogen and oxygen atoms in total. The summed E-state index contributed by atoms with van der Waals surface area (Å²) in [6, 6.07) is 5.81. The maximum absolute atomic E-state index is 12.2. The summed E-state index contributed by atoms with van der Waals surface area (Å²) in [5.74, 6) is 0. The van der Waals surface area contributed by atoms with Crippen LogP contribution in [0.25, 0.3) is 0 Å². The van der Waals surface area contributed by atoms with Gasteiger partial charge in [-0.05, 0) is 31.9 Å². The van der Waals surface area contributed by atoms with Crippen LogP contribution in [0, 0.1) is 13.8 Å². The van der Waals surface area contributed by atoms with Gasteiger partial charge in [0.2, 0.25) is 0 Å². The summed E-state index contributed by atoms with van der Waals surface area (Å²) in [6.45, 7) is 7.20. The zero-order chi connectivity index (χ0) is 15.0. The number of unbranched alkanes of at least 4 members (excludes halogenated alkanes) is 2. The number of hydrogen-bond acceptors (Lipinski definition) is 2. The third-order valence-electron chi connectivity index (χ3n) is 3.31. The van der Waals surface area contributed by atoms with Crippen LogP contribution in [0.2, 0.25) is 0 Å². The quantitative estimate of drug-likeness (QED) is 0.752. The van der Waals surface area contributed by atoms with Crippen LogP contribution in [0.15, 0.2) is 18.2 Å². The summed E-state index contributed by atoms with van der Waals surface area (Å²) in [5.41, 5.74) is 3.06. The number of nitrogens with zero attached hydrogens (tertiary/aromatic N) is 1. The van der Waals surface area contributed by atoms with Gasteiger partial charge in [0.25, 0.3) is 0 Å². The first-order chi connectivity index (χ1) is 9.58. The second-order valence-electron chi connectivity index (χ2n) is 5.17. The largest absolute Gasteiger partial charge is 0.395 e. The molecule has 112 valence electrons. The predicted octanol–water partition coefficient (Wildman–Crippen LogP) is 3.32. The molecule has 0 aliphatic carbocycles. The Morgan fingerprint density at radius 1 is 1.25 bits per heavy atom. The van der Waals surface area contributed by atoms with Crippen LogP contribution in [0.1, 0.15) is 37.3 Å². The van der Waals surface area contributed by atoms with E-state index in [0.29, 0.717) is 13.1 Å². The predicted molar refractivity (Wildman–Crippen MR) is 83.1 cm³/mol. The smallest absolute Gasteiger partial charge is 0.321 e. The molecule has 0 bridgehead atoms. The van der Waals surface area contributed by atoms with E-state index in [2.05, 4.69) is 12.2 Å². The summed E-state index contributed by atoms with van der Waals surface area (Å²) in [6.07, 6.45) is 3.18. The Hall–Kier alpha value is -1.55. The average Bonchev–Trinajstić information content (AvgIpc) is 2.41. The topological polar surface area (TPSA) is 52.6 Å². The van der Waals surface area contributed by atoms with Crippen molar-refractivity contribution >= 4 is 11.7 Å². The Morgan fingerprint density at radius 2 is 2.00 bits per heavy atom. The van der Waals surface area contributed by atoms with Crippen molar-refractivity contribution in [3.8, 4) is 0 Å². The van der Waals surface area contributed by atoms with Gasteiger partial charge in [0.15, 0.2) is 0 Å². The number of aliphatic hydroxyl groups is 1. The number of nitrogens with one attached hydrogen (secondary N) is 1. The van der Waals surface area contributed by atoms with Crippen LogP contribution < -0.4 is 5.32 Å². The summed E-state index contributed by atoms with van der Waals surface area (Å²) < 4.78 is 0. The maximum Gasteiger partial charge on any atom is 0.321 e. The summed E-state index contributed by atoms with van der Waals surface area (Å²) in [7, 11) is 0. The Balaban J connectivity index is 2.64. The van der Waals surface area contributed by atoms with Crippen molar-refractivity contribution in [3.05, 3.63) is 29.3 Å². The highest BCUT2D eigenvalue weighted by molar-refractivity contribution is 5.90. The number of urea groups is 1. The van der Waals surface area contributed by atoms with E-state index in [1.165, 1.54) is 5.56 Å². The van der Waals surface area contributed by atoms with E-state index in [1.807, 2.05) is 32.0 Å². The standard InChI is InChI=1S/C16H26N2O2/c1-4-5-6-9-18(10-11-19)16(20)17-15-8-7-13(2)12-14(15)3/h7-8,12,19H,4-6,9-11H2,1-3H3,(H,17,20). The maximum atomic E-state index is 12.2. The minimum absolute atomic E-state index is 0.00751. The van der Waals surface area contributed by atoms with E-state index in [0.717, 1.165) is 30.5 Å². The van der Waals surface area contributed by atoms with Crippen LogP contribution in [0.3, 0.4) is 0 Å².